The standard InChI is InChI=1S/C18H21NO4/c1-19-8-7-17-14-10-3-4-12(22-2)15(14)23-16(17)11(20)5-6-18(17,21)13(19)9-10/h3-4,13,16,21H,5-9H2,1-2H3/t13-,16?,17+,18-/m1/s1/i1D3,3D,4D,9D2,21D. The lowest BCUT2D eigenvalue weighted by Gasteiger charge is -2.62. The van der Waals surface area contributed by atoms with Crippen LogP contribution in [0.2, 0.25) is 0 Å². The quantitative estimate of drug-likeness (QED) is 0.881. The fourth-order valence-electron chi connectivity index (χ4n) is 4.90. The van der Waals surface area contributed by atoms with Crippen LogP contribution in [0.1, 0.15) is 40.0 Å². The zero-order valence-electron chi connectivity index (χ0n) is 20.6. The van der Waals surface area contributed by atoms with Crippen molar-refractivity contribution >= 4 is 5.78 Å². The molecule has 0 radical (unpaired) electrons. The van der Waals surface area contributed by atoms with E-state index in [1.165, 1.54) is 7.11 Å². The number of benzene rings is 1. The van der Waals surface area contributed by atoms with Crippen molar-refractivity contribution in [3.05, 3.63) is 23.2 Å². The number of carbonyl (C=O) groups is 1. The van der Waals surface area contributed by atoms with E-state index in [-0.39, 0.29) is 54.2 Å². The SMILES string of the molecule is [2H]O[C@@]12CCC(=O)C3Oc4c(OC)c([2H])c([2H])c5c4[C@@]31CCN(C([2H])([2H])[2H])[C@@H]2C5([2H])[2H]. The van der Waals surface area contributed by atoms with E-state index in [1.807, 2.05) is 0 Å². The third-order valence-electron chi connectivity index (χ3n) is 5.89. The molecule has 1 unspecified atom stereocenters. The minimum atomic E-state index is -2.69. The third-order valence-corrected chi connectivity index (χ3v) is 5.89. The van der Waals surface area contributed by atoms with Gasteiger partial charge in [0.1, 0.15) is 0 Å². The molecule has 0 aromatic heterocycles. The zero-order chi connectivity index (χ0) is 22.7. The number of Topliss-reactive ketones (excluding diaryl/α,β-unsaturated/α-hetero) is 1. The highest BCUT2D eigenvalue weighted by atomic mass is 16.5. The molecule has 2 aliphatic carbocycles. The number of likely N-dealkylation sites (tertiary alicyclic amines) is 1. The number of likely N-dealkylation sites (N-methyl/N-ethyl adjacent to an activating group) is 1. The van der Waals surface area contributed by atoms with Crippen LogP contribution in [0.4, 0.5) is 0 Å². The van der Waals surface area contributed by atoms with E-state index < -0.39 is 48.6 Å². The van der Waals surface area contributed by atoms with Gasteiger partial charge in [0.05, 0.1) is 20.9 Å². The monoisotopic (exact) mass is 323 g/mol. The molecular formula is C18H21NO4. The van der Waals surface area contributed by atoms with Gasteiger partial charge in [-0.25, -0.2) is 0 Å². The number of nitrogens with zero attached hydrogens (tertiary/aromatic N) is 1. The first-order valence-electron chi connectivity index (χ1n) is 11.6. The second kappa shape index (κ2) is 4.08. The van der Waals surface area contributed by atoms with Gasteiger partial charge in [0, 0.05) is 24.9 Å². The second-order valence-corrected chi connectivity index (χ2v) is 6.68. The Hall–Kier alpha value is -1.59. The highest BCUT2D eigenvalue weighted by Crippen LogP contribution is 2.64. The number of aliphatic hydroxyl groups is 1. The minimum Gasteiger partial charge on any atom is -0.493 e. The van der Waals surface area contributed by atoms with Gasteiger partial charge in [-0.15, -0.1) is 0 Å². The summed E-state index contributed by atoms with van der Waals surface area (Å²) < 4.78 is 78.3. The molecule has 1 saturated heterocycles. The summed E-state index contributed by atoms with van der Waals surface area (Å²) in [5.41, 5.74) is -3.01. The predicted molar refractivity (Wildman–Crippen MR) is 83.0 cm³/mol. The van der Waals surface area contributed by atoms with Crippen molar-refractivity contribution in [2.24, 2.45) is 0 Å². The topological polar surface area (TPSA) is 59.0 Å². The first-order valence-corrected chi connectivity index (χ1v) is 7.72. The Kier molecular flexibility index (Phi) is 1.42. The number of hydrogen-bond donors (Lipinski definition) is 1. The smallest absolute Gasteiger partial charge is 0.211 e. The van der Waals surface area contributed by atoms with E-state index in [1.54, 1.807) is 0 Å². The van der Waals surface area contributed by atoms with Gasteiger partial charge in [-0.1, -0.05) is 6.04 Å². The maximum atomic E-state index is 13.0. The average Bonchev–Trinajstić information content (AvgIpc) is 3.02. The van der Waals surface area contributed by atoms with Crippen molar-refractivity contribution in [1.82, 2.24) is 4.90 Å². The summed E-state index contributed by atoms with van der Waals surface area (Å²) in [6.07, 6.45) is -3.66. The van der Waals surface area contributed by atoms with Crippen LogP contribution < -0.4 is 9.47 Å². The van der Waals surface area contributed by atoms with E-state index in [0.29, 0.717) is 0 Å². The molecule has 5 nitrogen and oxygen atoms in total. The summed E-state index contributed by atoms with van der Waals surface area (Å²) in [4.78, 5) is 14.0. The number of ketones is 1. The summed E-state index contributed by atoms with van der Waals surface area (Å²) in [5.74, 6) is -0.324. The van der Waals surface area contributed by atoms with E-state index in [9.17, 15) is 4.79 Å². The molecule has 4 atom stereocenters. The lowest BCUT2D eigenvalue weighted by molar-refractivity contribution is -0.185. The Bertz CT molecular complexity index is 1010. The molecule has 2 aliphatic heterocycles. The molecule has 2 bridgehead atoms. The van der Waals surface area contributed by atoms with Crippen LogP contribution in [0.15, 0.2) is 12.1 Å². The van der Waals surface area contributed by atoms with E-state index >= 15 is 0 Å². The van der Waals surface area contributed by atoms with E-state index in [2.05, 4.69) is 0 Å². The second-order valence-electron chi connectivity index (χ2n) is 6.68. The maximum Gasteiger partial charge on any atom is 0.211 e. The van der Waals surface area contributed by atoms with Gasteiger partial charge in [0.2, 0.25) is 1.43 Å². The van der Waals surface area contributed by atoms with Crippen LogP contribution in [0.25, 0.3) is 0 Å². The van der Waals surface area contributed by atoms with Crippen molar-refractivity contribution in [2.45, 2.75) is 48.8 Å². The van der Waals surface area contributed by atoms with Crippen molar-refractivity contribution < 1.29 is 29.0 Å². The summed E-state index contributed by atoms with van der Waals surface area (Å²) in [6.45, 7) is -2.77. The molecule has 1 spiro atoms. The Balaban J connectivity index is 1.96. The number of piperidine rings is 1. The van der Waals surface area contributed by atoms with E-state index in [0.717, 1.165) is 4.90 Å². The minimum absolute atomic E-state index is 0.0184. The van der Waals surface area contributed by atoms with E-state index in [4.69, 9.17) is 25.6 Å². The van der Waals surface area contributed by atoms with Gasteiger partial charge in [0.15, 0.2) is 23.4 Å². The molecule has 23 heavy (non-hydrogen) atoms. The summed E-state index contributed by atoms with van der Waals surface area (Å²) in [5, 5.41) is 5.29. The van der Waals surface area contributed by atoms with Crippen molar-refractivity contribution in [3.63, 3.8) is 0 Å². The van der Waals surface area contributed by atoms with Crippen LogP contribution in [-0.4, -0.2) is 55.6 Å². The molecule has 2 fully saturated rings. The predicted octanol–water partition coefficient (Wildman–Crippen LogP) is 1.05. The van der Waals surface area contributed by atoms with Crippen LogP contribution in [-0.2, 0) is 16.6 Å². The molecule has 1 saturated carbocycles. The normalized spacial score (nSPS) is 48.3. The Morgan fingerprint density at radius 3 is 3.30 bits per heavy atom. The van der Waals surface area contributed by atoms with Gasteiger partial charge in [-0.05, 0) is 44.3 Å². The summed E-state index contributed by atoms with van der Waals surface area (Å²) in [6, 6.07) is -2.33. The van der Waals surface area contributed by atoms with Gasteiger partial charge >= 0.3 is 0 Å². The molecule has 5 heteroatoms. The molecule has 2 heterocycles. The molecular weight excluding hydrogens is 294 g/mol. The molecule has 5 rings (SSSR count). The largest absolute Gasteiger partial charge is 0.493 e. The zero-order valence-corrected chi connectivity index (χ0v) is 12.6. The number of hydrogen-bond acceptors (Lipinski definition) is 5. The van der Waals surface area contributed by atoms with Crippen LogP contribution in [0, 0.1) is 0 Å². The summed E-state index contributed by atoms with van der Waals surface area (Å²) in [7, 11) is 1.30. The van der Waals surface area contributed by atoms with Crippen molar-refractivity contribution in [2.75, 3.05) is 20.6 Å². The fourth-order valence-corrected chi connectivity index (χ4v) is 4.90. The summed E-state index contributed by atoms with van der Waals surface area (Å²) >= 11 is 0. The molecule has 4 aliphatic rings. The van der Waals surface area contributed by atoms with Gasteiger partial charge in [-0.2, -0.15) is 0 Å². The average molecular weight is 323 g/mol. The lowest BCUT2D eigenvalue weighted by atomic mass is 9.49. The maximum absolute atomic E-state index is 13.0. The van der Waals surface area contributed by atoms with Crippen LogP contribution in [0.5, 0.6) is 11.5 Å². The molecule has 1 aromatic carbocycles. The third kappa shape index (κ3) is 1.32. The molecule has 122 valence electrons. The number of ether oxygens (including phenoxy) is 2. The first-order chi connectivity index (χ1) is 14.4. The highest BCUT2D eigenvalue weighted by molar-refractivity contribution is 5.90. The molecule has 0 amide bonds. The fraction of sp³-hybridized carbons (Fsp3) is 0.611. The Labute approximate surface area is 146 Å². The van der Waals surface area contributed by atoms with Crippen LogP contribution in [0.3, 0.4) is 0 Å². The highest BCUT2D eigenvalue weighted by Gasteiger charge is 2.72. The van der Waals surface area contributed by atoms with Crippen molar-refractivity contribution in [3.8, 4) is 11.5 Å². The number of methoxy groups -OCH3 is 1. The van der Waals surface area contributed by atoms with Gasteiger partial charge in [-0.3, -0.25) is 4.79 Å². The van der Waals surface area contributed by atoms with Crippen molar-refractivity contribution in [1.29, 1.82) is 1.43 Å². The Morgan fingerprint density at radius 1 is 1.61 bits per heavy atom. The Morgan fingerprint density at radius 2 is 2.52 bits per heavy atom. The molecule has 1 aromatic rings. The number of rotatable bonds is 2. The number of carbonyl (C=O) groups excluding carboxylic acids is 1. The van der Waals surface area contributed by atoms with Crippen LogP contribution >= 0.6 is 0 Å². The first kappa shape index (κ1) is 7.99. The van der Waals surface area contributed by atoms with Gasteiger partial charge in [0.25, 0.3) is 0 Å². The molecule has 1 N–H and O–H groups in total. The van der Waals surface area contributed by atoms with Gasteiger partial charge < -0.3 is 19.5 Å². The lowest BCUT2D eigenvalue weighted by Crippen LogP contribution is -2.76.